The normalized spacial score (nSPS) is 14.7. The van der Waals surface area contributed by atoms with Crippen LogP contribution in [0.1, 0.15) is 50.3 Å². The minimum atomic E-state index is -3.50. The van der Waals surface area contributed by atoms with E-state index in [1.165, 1.54) is 10.6 Å². The lowest BCUT2D eigenvalue weighted by atomic mass is 10.0. The van der Waals surface area contributed by atoms with Gasteiger partial charge in [-0.2, -0.15) is 4.31 Å². The molecule has 1 fully saturated rings. The number of nitrogens with zero attached hydrogens (tertiary/aromatic N) is 4. The van der Waals surface area contributed by atoms with Gasteiger partial charge in [-0.3, -0.25) is 0 Å². The van der Waals surface area contributed by atoms with Crippen LogP contribution in [0.15, 0.2) is 54.7 Å². The Labute approximate surface area is 248 Å². The molecule has 0 bridgehead atoms. The molecule has 3 aromatic rings. The van der Waals surface area contributed by atoms with E-state index in [0.29, 0.717) is 38.4 Å². The van der Waals surface area contributed by atoms with Gasteiger partial charge in [-0.25, -0.2) is 23.2 Å². The van der Waals surface area contributed by atoms with Crippen molar-refractivity contribution in [3.8, 4) is 17.0 Å². The van der Waals surface area contributed by atoms with E-state index in [9.17, 15) is 18.3 Å². The first-order valence-corrected chi connectivity index (χ1v) is 16.0. The summed E-state index contributed by atoms with van der Waals surface area (Å²) in [7, 11) is -3.50. The Morgan fingerprint density at radius 3 is 2.52 bits per heavy atom. The SMILES string of the molecule is Cc1cc(CCNc2nccc(-c3cccc(CN(C4CCN(C(=O)OC(C)(C)C)CC4)S(C)(=O)=O)c3)n2)ccc1O. The summed E-state index contributed by atoms with van der Waals surface area (Å²) in [5, 5.41) is 13.0. The topological polar surface area (TPSA) is 125 Å². The summed E-state index contributed by atoms with van der Waals surface area (Å²) in [4.78, 5) is 23.1. The highest BCUT2D eigenvalue weighted by Crippen LogP contribution is 2.25. The Bertz CT molecular complexity index is 1500. The number of piperidine rings is 1. The number of nitrogens with one attached hydrogen (secondary N) is 1. The number of benzene rings is 2. The molecule has 2 heterocycles. The van der Waals surface area contributed by atoms with E-state index in [4.69, 9.17) is 4.74 Å². The maximum atomic E-state index is 12.9. The Morgan fingerprint density at radius 2 is 1.86 bits per heavy atom. The molecule has 0 atom stereocenters. The fourth-order valence-electron chi connectivity index (χ4n) is 4.99. The first kappa shape index (κ1) is 31.2. The zero-order valence-electron chi connectivity index (χ0n) is 25.0. The number of aryl methyl sites for hydroxylation is 1. The monoisotopic (exact) mass is 595 g/mol. The minimum Gasteiger partial charge on any atom is -0.508 e. The van der Waals surface area contributed by atoms with Crippen LogP contribution in [0.4, 0.5) is 10.7 Å². The molecular formula is C31H41N5O5S. The van der Waals surface area contributed by atoms with E-state index in [1.807, 2.05) is 70.2 Å². The van der Waals surface area contributed by atoms with Gasteiger partial charge in [0.2, 0.25) is 16.0 Å². The predicted octanol–water partition coefficient (Wildman–Crippen LogP) is 4.97. The van der Waals surface area contributed by atoms with Gasteiger partial charge in [-0.15, -0.1) is 0 Å². The molecule has 1 aliphatic heterocycles. The third kappa shape index (κ3) is 8.65. The van der Waals surface area contributed by atoms with Crippen LogP contribution in [0, 0.1) is 6.92 Å². The second-order valence-electron chi connectivity index (χ2n) is 11.8. The first-order valence-electron chi connectivity index (χ1n) is 14.2. The van der Waals surface area contributed by atoms with Crippen LogP contribution in [-0.2, 0) is 27.7 Å². The lowest BCUT2D eigenvalue weighted by molar-refractivity contribution is 0.0176. The van der Waals surface area contributed by atoms with Crippen molar-refractivity contribution < 1.29 is 23.1 Å². The fraction of sp³-hybridized carbons (Fsp3) is 0.452. The van der Waals surface area contributed by atoms with Gasteiger partial charge in [-0.1, -0.05) is 30.3 Å². The number of sulfonamides is 1. The standard InChI is InChI=1S/C31H41N5O5S/c1-22-19-23(9-10-28(22)37)11-15-32-29-33-16-12-27(34-29)25-8-6-7-24(20-25)21-36(42(5,39)40)26-13-17-35(18-14-26)30(38)41-31(2,3)4/h6-10,12,16,19-20,26,37H,11,13-15,17-18,21H2,1-5H3,(H,32,33,34). The van der Waals surface area contributed by atoms with Gasteiger partial charge >= 0.3 is 6.09 Å². The van der Waals surface area contributed by atoms with Crippen LogP contribution in [0.25, 0.3) is 11.3 Å². The molecule has 0 aliphatic carbocycles. The van der Waals surface area contributed by atoms with Crippen LogP contribution < -0.4 is 5.32 Å². The Hall–Kier alpha value is -3.70. The molecule has 0 saturated carbocycles. The van der Waals surface area contributed by atoms with Crippen molar-refractivity contribution in [3.05, 3.63) is 71.4 Å². The summed E-state index contributed by atoms with van der Waals surface area (Å²) in [6.07, 6.45) is 4.39. The van der Waals surface area contributed by atoms with E-state index < -0.39 is 15.6 Å². The lowest BCUT2D eigenvalue weighted by Gasteiger charge is -2.37. The van der Waals surface area contributed by atoms with Gasteiger partial charge in [0.15, 0.2) is 0 Å². The first-order chi connectivity index (χ1) is 19.8. The third-order valence-electron chi connectivity index (χ3n) is 7.12. The highest BCUT2D eigenvalue weighted by atomic mass is 32.2. The molecule has 4 rings (SSSR count). The Morgan fingerprint density at radius 1 is 1.12 bits per heavy atom. The number of ether oxygens (including phenoxy) is 1. The van der Waals surface area contributed by atoms with E-state index in [1.54, 1.807) is 17.2 Å². The van der Waals surface area contributed by atoms with E-state index in [-0.39, 0.29) is 24.4 Å². The smallest absolute Gasteiger partial charge is 0.410 e. The number of likely N-dealkylation sites (tertiary alicyclic amines) is 1. The number of aromatic nitrogens is 2. The van der Waals surface area contributed by atoms with E-state index in [2.05, 4.69) is 15.3 Å². The van der Waals surface area contributed by atoms with E-state index >= 15 is 0 Å². The van der Waals surface area contributed by atoms with Crippen molar-refractivity contribution in [1.82, 2.24) is 19.2 Å². The lowest BCUT2D eigenvalue weighted by Crippen LogP contribution is -2.49. The number of aromatic hydroxyl groups is 1. The minimum absolute atomic E-state index is 0.213. The summed E-state index contributed by atoms with van der Waals surface area (Å²) in [5.41, 5.74) is 3.81. The average Bonchev–Trinajstić information content (AvgIpc) is 2.93. The number of carbonyl (C=O) groups is 1. The number of phenols is 1. The zero-order chi connectivity index (χ0) is 30.5. The van der Waals surface area contributed by atoms with Crippen molar-refractivity contribution in [2.24, 2.45) is 0 Å². The molecule has 42 heavy (non-hydrogen) atoms. The second-order valence-corrected chi connectivity index (χ2v) is 13.7. The van der Waals surface area contributed by atoms with Crippen LogP contribution in [0.2, 0.25) is 0 Å². The molecule has 226 valence electrons. The quantitative estimate of drug-likeness (QED) is 0.355. The van der Waals surface area contributed by atoms with Gasteiger partial charge < -0.3 is 20.1 Å². The van der Waals surface area contributed by atoms with Gasteiger partial charge in [0, 0.05) is 44.0 Å². The van der Waals surface area contributed by atoms with Crippen molar-refractivity contribution in [2.45, 2.75) is 65.1 Å². The largest absolute Gasteiger partial charge is 0.508 e. The third-order valence-corrected chi connectivity index (χ3v) is 8.40. The van der Waals surface area contributed by atoms with Crippen LogP contribution in [0.3, 0.4) is 0 Å². The molecule has 1 aliphatic rings. The number of carbonyl (C=O) groups excluding carboxylic acids is 1. The zero-order valence-corrected chi connectivity index (χ0v) is 25.8. The Balaban J connectivity index is 1.40. The molecule has 1 amide bonds. The summed E-state index contributed by atoms with van der Waals surface area (Å²) >= 11 is 0. The number of rotatable bonds is 9. The van der Waals surface area contributed by atoms with Crippen molar-refractivity contribution in [3.63, 3.8) is 0 Å². The summed E-state index contributed by atoms with van der Waals surface area (Å²) in [6, 6.07) is 14.9. The van der Waals surface area contributed by atoms with Crippen molar-refractivity contribution >= 4 is 22.1 Å². The molecule has 0 radical (unpaired) electrons. The molecule has 1 aromatic heterocycles. The molecule has 11 heteroatoms. The van der Waals surface area contributed by atoms with Gasteiger partial charge in [0.25, 0.3) is 0 Å². The van der Waals surface area contributed by atoms with Crippen LogP contribution >= 0.6 is 0 Å². The number of phenolic OH excluding ortho intramolecular Hbond substituents is 1. The molecule has 0 unspecified atom stereocenters. The molecule has 2 aromatic carbocycles. The van der Waals surface area contributed by atoms with Crippen LogP contribution in [-0.4, -0.2) is 76.3 Å². The molecule has 2 N–H and O–H groups in total. The maximum absolute atomic E-state index is 12.9. The van der Waals surface area contributed by atoms with Gasteiger partial charge in [-0.05, 0) is 81.8 Å². The van der Waals surface area contributed by atoms with Gasteiger partial charge in [0.05, 0.1) is 11.9 Å². The summed E-state index contributed by atoms with van der Waals surface area (Å²) in [6.45, 7) is 9.10. The molecule has 0 spiro atoms. The highest BCUT2D eigenvalue weighted by Gasteiger charge is 2.33. The molecule has 10 nitrogen and oxygen atoms in total. The number of hydrogen-bond donors (Lipinski definition) is 2. The predicted molar refractivity (Wildman–Crippen MR) is 164 cm³/mol. The Kier molecular flexibility index (Phi) is 9.73. The molecular weight excluding hydrogens is 554 g/mol. The highest BCUT2D eigenvalue weighted by molar-refractivity contribution is 7.88. The maximum Gasteiger partial charge on any atom is 0.410 e. The second kappa shape index (κ2) is 13.1. The summed E-state index contributed by atoms with van der Waals surface area (Å²) in [5.74, 6) is 0.788. The fourth-order valence-corrected chi connectivity index (χ4v) is 6.12. The number of amides is 1. The van der Waals surface area contributed by atoms with E-state index in [0.717, 1.165) is 34.4 Å². The van der Waals surface area contributed by atoms with Gasteiger partial charge in [0.1, 0.15) is 11.4 Å². The van der Waals surface area contributed by atoms with Crippen molar-refractivity contribution in [2.75, 3.05) is 31.2 Å². The summed E-state index contributed by atoms with van der Waals surface area (Å²) < 4.78 is 32.7. The number of hydrogen-bond acceptors (Lipinski definition) is 8. The van der Waals surface area contributed by atoms with Crippen molar-refractivity contribution in [1.29, 1.82) is 0 Å². The van der Waals surface area contributed by atoms with Crippen LogP contribution in [0.5, 0.6) is 5.75 Å². The number of anilines is 1. The average molecular weight is 596 g/mol. The molecule has 1 saturated heterocycles.